The first-order valence-electron chi connectivity index (χ1n) is 5.78. The SMILES string of the molecule is COC(=O)C(C)CSCCOc1ccc(Cl)cc1Br. The molecule has 0 aromatic heterocycles. The minimum atomic E-state index is -0.172. The number of benzene rings is 1. The monoisotopic (exact) mass is 366 g/mol. The molecule has 0 saturated heterocycles. The number of hydrogen-bond acceptors (Lipinski definition) is 4. The number of halogens is 2. The minimum absolute atomic E-state index is 0.0859. The summed E-state index contributed by atoms with van der Waals surface area (Å²) < 4.78 is 11.1. The lowest BCUT2D eigenvalue weighted by atomic mass is 10.2. The van der Waals surface area contributed by atoms with Gasteiger partial charge in [0.2, 0.25) is 0 Å². The van der Waals surface area contributed by atoms with Gasteiger partial charge in [0.1, 0.15) is 5.75 Å². The number of rotatable bonds is 7. The van der Waals surface area contributed by atoms with Crippen molar-refractivity contribution >= 4 is 45.3 Å². The molecule has 0 aliphatic rings. The summed E-state index contributed by atoms with van der Waals surface area (Å²) in [5.74, 6) is 2.06. The second-order valence-electron chi connectivity index (χ2n) is 3.92. The van der Waals surface area contributed by atoms with E-state index < -0.39 is 0 Å². The highest BCUT2D eigenvalue weighted by Gasteiger charge is 2.12. The van der Waals surface area contributed by atoms with E-state index in [-0.39, 0.29) is 11.9 Å². The van der Waals surface area contributed by atoms with Crippen LogP contribution < -0.4 is 4.74 Å². The average Bonchev–Trinajstić information content (AvgIpc) is 2.39. The number of carbonyl (C=O) groups is 1. The van der Waals surface area contributed by atoms with Crippen LogP contribution in [-0.4, -0.2) is 31.2 Å². The Balaban J connectivity index is 2.22. The fraction of sp³-hybridized carbons (Fsp3) is 0.462. The van der Waals surface area contributed by atoms with Gasteiger partial charge < -0.3 is 9.47 Å². The van der Waals surface area contributed by atoms with E-state index in [4.69, 9.17) is 16.3 Å². The van der Waals surface area contributed by atoms with E-state index in [1.165, 1.54) is 7.11 Å². The van der Waals surface area contributed by atoms with Crippen molar-refractivity contribution in [2.24, 2.45) is 5.92 Å². The van der Waals surface area contributed by atoms with E-state index >= 15 is 0 Å². The van der Waals surface area contributed by atoms with Gasteiger partial charge in [0.15, 0.2) is 0 Å². The predicted molar refractivity (Wildman–Crippen MR) is 83.2 cm³/mol. The molecule has 1 aromatic rings. The van der Waals surface area contributed by atoms with Crippen LogP contribution in [-0.2, 0) is 9.53 Å². The lowest BCUT2D eigenvalue weighted by molar-refractivity contribution is -0.143. The highest BCUT2D eigenvalue weighted by molar-refractivity contribution is 9.10. The zero-order chi connectivity index (χ0) is 14.3. The molecule has 1 atom stereocenters. The maximum absolute atomic E-state index is 11.2. The lowest BCUT2D eigenvalue weighted by Gasteiger charge is -2.10. The highest BCUT2D eigenvalue weighted by Crippen LogP contribution is 2.28. The number of hydrogen-bond donors (Lipinski definition) is 0. The van der Waals surface area contributed by atoms with Gasteiger partial charge in [-0.2, -0.15) is 11.8 Å². The van der Waals surface area contributed by atoms with Gasteiger partial charge in [-0.1, -0.05) is 18.5 Å². The van der Waals surface area contributed by atoms with Crippen molar-refractivity contribution in [3.8, 4) is 5.75 Å². The van der Waals surface area contributed by atoms with E-state index in [1.807, 2.05) is 13.0 Å². The van der Waals surface area contributed by atoms with Gasteiger partial charge in [-0.25, -0.2) is 0 Å². The van der Waals surface area contributed by atoms with E-state index in [0.717, 1.165) is 21.7 Å². The van der Waals surface area contributed by atoms with Gasteiger partial charge in [0.25, 0.3) is 0 Å². The van der Waals surface area contributed by atoms with Crippen molar-refractivity contribution in [1.29, 1.82) is 0 Å². The van der Waals surface area contributed by atoms with Crippen molar-refractivity contribution in [3.05, 3.63) is 27.7 Å². The molecule has 1 unspecified atom stereocenters. The van der Waals surface area contributed by atoms with Crippen LogP contribution in [0.3, 0.4) is 0 Å². The molecule has 0 heterocycles. The first-order chi connectivity index (χ1) is 9.04. The van der Waals surface area contributed by atoms with E-state index in [9.17, 15) is 4.79 Å². The van der Waals surface area contributed by atoms with Crippen molar-refractivity contribution in [2.45, 2.75) is 6.92 Å². The fourth-order valence-corrected chi connectivity index (χ4v) is 2.99. The van der Waals surface area contributed by atoms with Crippen LogP contribution in [0.1, 0.15) is 6.92 Å². The van der Waals surface area contributed by atoms with Crippen LogP contribution in [0.5, 0.6) is 5.75 Å². The third-order valence-electron chi connectivity index (χ3n) is 2.35. The normalized spacial score (nSPS) is 12.0. The van der Waals surface area contributed by atoms with E-state index in [2.05, 4.69) is 20.7 Å². The summed E-state index contributed by atoms with van der Waals surface area (Å²) in [4.78, 5) is 11.2. The smallest absolute Gasteiger partial charge is 0.309 e. The summed E-state index contributed by atoms with van der Waals surface area (Å²) in [5.41, 5.74) is 0. The Hall–Kier alpha value is -0.390. The maximum Gasteiger partial charge on any atom is 0.309 e. The second kappa shape index (κ2) is 8.72. The Bertz CT molecular complexity index is 428. The molecule has 0 spiro atoms. The van der Waals surface area contributed by atoms with Crippen LogP contribution in [0.4, 0.5) is 0 Å². The van der Waals surface area contributed by atoms with Crippen LogP contribution in [0.25, 0.3) is 0 Å². The predicted octanol–water partition coefficient (Wildman–Crippen LogP) is 4.02. The molecule has 0 aliphatic heterocycles. The largest absolute Gasteiger partial charge is 0.492 e. The molecule has 19 heavy (non-hydrogen) atoms. The molecule has 0 radical (unpaired) electrons. The first-order valence-corrected chi connectivity index (χ1v) is 8.10. The molecule has 6 heteroatoms. The van der Waals surface area contributed by atoms with Crippen LogP contribution in [0, 0.1) is 5.92 Å². The van der Waals surface area contributed by atoms with Gasteiger partial charge in [-0.05, 0) is 34.1 Å². The Morgan fingerprint density at radius 2 is 2.26 bits per heavy atom. The van der Waals surface area contributed by atoms with Gasteiger partial charge in [0, 0.05) is 16.5 Å². The topological polar surface area (TPSA) is 35.5 Å². The second-order valence-corrected chi connectivity index (χ2v) is 6.36. The van der Waals surface area contributed by atoms with Crippen molar-refractivity contribution in [1.82, 2.24) is 0 Å². The zero-order valence-corrected chi connectivity index (χ0v) is 14.0. The maximum atomic E-state index is 11.2. The molecule has 0 saturated carbocycles. The molecule has 1 rings (SSSR count). The van der Waals surface area contributed by atoms with Gasteiger partial charge in [0.05, 0.1) is 24.1 Å². The average molecular weight is 368 g/mol. The van der Waals surface area contributed by atoms with Crippen molar-refractivity contribution < 1.29 is 14.3 Å². The Labute approximate surface area is 131 Å². The van der Waals surface area contributed by atoms with Crippen molar-refractivity contribution in [3.63, 3.8) is 0 Å². The Morgan fingerprint density at radius 3 is 2.89 bits per heavy atom. The molecule has 0 bridgehead atoms. The minimum Gasteiger partial charge on any atom is -0.492 e. The molecule has 0 amide bonds. The number of ether oxygens (including phenoxy) is 2. The first kappa shape index (κ1) is 16.7. The molecule has 0 N–H and O–H groups in total. The summed E-state index contributed by atoms with van der Waals surface area (Å²) in [6.07, 6.45) is 0. The Morgan fingerprint density at radius 1 is 1.53 bits per heavy atom. The van der Waals surface area contributed by atoms with Gasteiger partial charge in [-0.15, -0.1) is 0 Å². The number of methoxy groups -OCH3 is 1. The molecular formula is C13H16BrClO3S. The van der Waals surface area contributed by atoms with Crippen LogP contribution >= 0.6 is 39.3 Å². The zero-order valence-electron chi connectivity index (χ0n) is 10.8. The molecule has 106 valence electrons. The summed E-state index contributed by atoms with van der Waals surface area (Å²) in [6, 6.07) is 5.41. The molecule has 1 aromatic carbocycles. The summed E-state index contributed by atoms with van der Waals surface area (Å²) in [6.45, 7) is 2.44. The van der Waals surface area contributed by atoms with E-state index in [0.29, 0.717) is 11.6 Å². The molecular weight excluding hydrogens is 352 g/mol. The highest BCUT2D eigenvalue weighted by atomic mass is 79.9. The quantitative estimate of drug-likeness (QED) is 0.538. The molecule has 0 aliphatic carbocycles. The Kier molecular flexibility index (Phi) is 7.64. The van der Waals surface area contributed by atoms with Crippen LogP contribution in [0.15, 0.2) is 22.7 Å². The molecule has 0 fully saturated rings. The van der Waals surface area contributed by atoms with Crippen LogP contribution in [0.2, 0.25) is 5.02 Å². The summed E-state index contributed by atoms with van der Waals surface area (Å²) in [5, 5.41) is 0.667. The van der Waals surface area contributed by atoms with Gasteiger partial charge in [-0.3, -0.25) is 4.79 Å². The summed E-state index contributed by atoms with van der Waals surface area (Å²) >= 11 is 10.9. The third-order valence-corrected chi connectivity index (χ3v) is 4.40. The standard InChI is InChI=1S/C13H16BrClO3S/c1-9(13(16)17-2)8-19-6-5-18-12-4-3-10(15)7-11(12)14/h3-4,7,9H,5-6,8H2,1-2H3. The molecule has 3 nitrogen and oxygen atoms in total. The van der Waals surface area contributed by atoms with Crippen molar-refractivity contribution in [2.75, 3.05) is 25.2 Å². The van der Waals surface area contributed by atoms with E-state index in [1.54, 1.807) is 23.9 Å². The number of thioether (sulfide) groups is 1. The number of carbonyl (C=O) groups excluding carboxylic acids is 1. The summed E-state index contributed by atoms with van der Waals surface area (Å²) in [7, 11) is 1.41. The third kappa shape index (κ3) is 6.06. The fourth-order valence-electron chi connectivity index (χ4n) is 1.33. The number of esters is 1. The van der Waals surface area contributed by atoms with Gasteiger partial charge >= 0.3 is 5.97 Å². The lowest BCUT2D eigenvalue weighted by Crippen LogP contribution is -2.15.